The van der Waals surface area contributed by atoms with Gasteiger partial charge in [-0.2, -0.15) is 0 Å². The average Bonchev–Trinajstić information content (AvgIpc) is 2.48. The molecule has 0 aliphatic heterocycles. The largest absolute Gasteiger partial charge is 0.336 e. The summed E-state index contributed by atoms with van der Waals surface area (Å²) < 4.78 is 0.839. The third-order valence-electron chi connectivity index (χ3n) is 3.82. The molecule has 0 spiro atoms. The standard InChI is InChI=1S/C15H21BrN4O2/c1-20(15(22)10-3-2-4-12(17)7-10)9-14(21)19-13-6-5-11(16)8-18-13/h5-6,8,10,12H,2-4,7,9,17H2,1H3,(H,18,19,21). The van der Waals surface area contributed by atoms with Crippen LogP contribution in [0, 0.1) is 5.92 Å². The molecule has 2 atom stereocenters. The lowest BCUT2D eigenvalue weighted by Crippen LogP contribution is -2.41. The molecule has 0 bridgehead atoms. The van der Waals surface area contributed by atoms with Gasteiger partial charge in [-0.1, -0.05) is 6.42 Å². The number of rotatable bonds is 4. The molecule has 1 aromatic rings. The molecule has 0 aromatic carbocycles. The van der Waals surface area contributed by atoms with Crippen LogP contribution in [0.15, 0.2) is 22.8 Å². The van der Waals surface area contributed by atoms with Gasteiger partial charge in [0, 0.05) is 29.7 Å². The van der Waals surface area contributed by atoms with Crippen LogP contribution in [-0.4, -0.2) is 41.3 Å². The first kappa shape index (κ1) is 16.9. The summed E-state index contributed by atoms with van der Waals surface area (Å²) >= 11 is 3.28. The van der Waals surface area contributed by atoms with Crippen molar-refractivity contribution in [2.45, 2.75) is 31.7 Å². The van der Waals surface area contributed by atoms with Crippen LogP contribution in [0.2, 0.25) is 0 Å². The lowest BCUT2D eigenvalue weighted by atomic mass is 9.85. The Labute approximate surface area is 138 Å². The molecule has 1 fully saturated rings. The molecule has 1 aromatic heterocycles. The van der Waals surface area contributed by atoms with Crippen molar-refractivity contribution < 1.29 is 9.59 Å². The minimum Gasteiger partial charge on any atom is -0.336 e. The number of anilines is 1. The Morgan fingerprint density at radius 3 is 2.86 bits per heavy atom. The third kappa shape index (κ3) is 4.78. The number of hydrogen-bond acceptors (Lipinski definition) is 4. The number of aromatic nitrogens is 1. The van der Waals surface area contributed by atoms with Crippen LogP contribution in [0.5, 0.6) is 0 Å². The Morgan fingerprint density at radius 1 is 1.45 bits per heavy atom. The topological polar surface area (TPSA) is 88.3 Å². The molecular weight excluding hydrogens is 348 g/mol. The van der Waals surface area contributed by atoms with E-state index in [1.165, 1.54) is 4.90 Å². The van der Waals surface area contributed by atoms with E-state index in [0.717, 1.165) is 23.7 Å². The first-order valence-corrected chi connectivity index (χ1v) is 8.17. The molecule has 3 N–H and O–H groups in total. The summed E-state index contributed by atoms with van der Waals surface area (Å²) in [5.74, 6) is 0.140. The molecule has 0 radical (unpaired) electrons. The van der Waals surface area contributed by atoms with Crippen LogP contribution in [0.3, 0.4) is 0 Å². The SMILES string of the molecule is CN(CC(=O)Nc1ccc(Br)cn1)C(=O)C1CCCC(N)C1. The number of halogens is 1. The van der Waals surface area contributed by atoms with Crippen molar-refractivity contribution in [3.8, 4) is 0 Å². The number of carbonyl (C=O) groups is 2. The Bertz CT molecular complexity index is 535. The fourth-order valence-corrected chi connectivity index (χ4v) is 2.92. The Hall–Kier alpha value is -1.47. The molecule has 7 heteroatoms. The van der Waals surface area contributed by atoms with Crippen LogP contribution in [0.1, 0.15) is 25.7 Å². The predicted octanol–water partition coefficient (Wildman–Crippen LogP) is 1.76. The van der Waals surface area contributed by atoms with Crippen molar-refractivity contribution in [2.75, 3.05) is 18.9 Å². The zero-order valence-electron chi connectivity index (χ0n) is 12.6. The van der Waals surface area contributed by atoms with E-state index in [4.69, 9.17) is 5.73 Å². The molecule has 2 unspecified atom stereocenters. The van der Waals surface area contributed by atoms with E-state index < -0.39 is 0 Å². The molecule has 0 saturated heterocycles. The van der Waals surface area contributed by atoms with E-state index in [1.807, 2.05) is 0 Å². The van der Waals surface area contributed by atoms with E-state index in [-0.39, 0.29) is 30.3 Å². The maximum atomic E-state index is 12.3. The van der Waals surface area contributed by atoms with Crippen molar-refractivity contribution >= 4 is 33.6 Å². The van der Waals surface area contributed by atoms with Gasteiger partial charge in [0.05, 0.1) is 6.54 Å². The molecule has 2 amide bonds. The van der Waals surface area contributed by atoms with Gasteiger partial charge in [0.2, 0.25) is 11.8 Å². The molecule has 1 heterocycles. The van der Waals surface area contributed by atoms with Gasteiger partial charge < -0.3 is 16.0 Å². The average molecular weight is 369 g/mol. The highest BCUT2D eigenvalue weighted by atomic mass is 79.9. The summed E-state index contributed by atoms with van der Waals surface area (Å²) in [6.45, 7) is 0.0162. The van der Waals surface area contributed by atoms with Crippen molar-refractivity contribution in [3.63, 3.8) is 0 Å². The van der Waals surface area contributed by atoms with E-state index >= 15 is 0 Å². The minimum atomic E-state index is -0.259. The molecule has 22 heavy (non-hydrogen) atoms. The van der Waals surface area contributed by atoms with E-state index in [9.17, 15) is 9.59 Å². The van der Waals surface area contributed by atoms with Crippen LogP contribution in [0.25, 0.3) is 0 Å². The Kier molecular flexibility index (Phi) is 5.90. The normalized spacial score (nSPS) is 21.2. The van der Waals surface area contributed by atoms with E-state index in [1.54, 1.807) is 25.4 Å². The first-order chi connectivity index (χ1) is 10.5. The van der Waals surface area contributed by atoms with Gasteiger partial charge in [-0.3, -0.25) is 9.59 Å². The fourth-order valence-electron chi connectivity index (χ4n) is 2.69. The third-order valence-corrected chi connectivity index (χ3v) is 4.28. The molecule has 1 aliphatic carbocycles. The molecule has 1 aliphatic rings. The number of nitrogens with zero attached hydrogens (tertiary/aromatic N) is 2. The highest BCUT2D eigenvalue weighted by Gasteiger charge is 2.28. The number of hydrogen-bond donors (Lipinski definition) is 2. The van der Waals surface area contributed by atoms with Gasteiger partial charge in [-0.05, 0) is 47.3 Å². The molecule has 2 rings (SSSR count). The zero-order chi connectivity index (χ0) is 16.1. The number of carbonyl (C=O) groups excluding carboxylic acids is 2. The summed E-state index contributed by atoms with van der Waals surface area (Å²) in [6, 6.07) is 3.59. The number of nitrogens with two attached hydrogens (primary N) is 1. The monoisotopic (exact) mass is 368 g/mol. The van der Waals surface area contributed by atoms with Gasteiger partial charge >= 0.3 is 0 Å². The van der Waals surface area contributed by atoms with E-state index in [0.29, 0.717) is 12.2 Å². The molecule has 6 nitrogen and oxygen atoms in total. The fraction of sp³-hybridized carbons (Fsp3) is 0.533. The van der Waals surface area contributed by atoms with Crippen LogP contribution < -0.4 is 11.1 Å². The Balaban J connectivity index is 1.85. The van der Waals surface area contributed by atoms with Crippen molar-refractivity contribution in [3.05, 3.63) is 22.8 Å². The lowest BCUT2D eigenvalue weighted by Gasteiger charge is -2.29. The second-order valence-electron chi connectivity index (χ2n) is 5.73. The van der Waals surface area contributed by atoms with Crippen LogP contribution in [-0.2, 0) is 9.59 Å². The lowest BCUT2D eigenvalue weighted by molar-refractivity contribution is -0.138. The summed E-state index contributed by atoms with van der Waals surface area (Å²) in [5, 5.41) is 2.68. The van der Waals surface area contributed by atoms with Gasteiger partial charge in [-0.25, -0.2) is 4.98 Å². The zero-order valence-corrected chi connectivity index (χ0v) is 14.2. The van der Waals surface area contributed by atoms with Crippen LogP contribution in [0.4, 0.5) is 5.82 Å². The highest BCUT2D eigenvalue weighted by molar-refractivity contribution is 9.10. The Morgan fingerprint density at radius 2 is 2.23 bits per heavy atom. The smallest absolute Gasteiger partial charge is 0.245 e. The van der Waals surface area contributed by atoms with Crippen molar-refractivity contribution in [1.82, 2.24) is 9.88 Å². The maximum Gasteiger partial charge on any atom is 0.245 e. The minimum absolute atomic E-state index is 0.00550. The summed E-state index contributed by atoms with van der Waals surface area (Å²) in [5.41, 5.74) is 5.92. The first-order valence-electron chi connectivity index (χ1n) is 7.37. The van der Waals surface area contributed by atoms with Gasteiger partial charge in [0.15, 0.2) is 0 Å². The molecule has 120 valence electrons. The summed E-state index contributed by atoms with van der Waals surface area (Å²) in [7, 11) is 1.65. The maximum absolute atomic E-state index is 12.3. The van der Waals surface area contributed by atoms with E-state index in [2.05, 4.69) is 26.2 Å². The van der Waals surface area contributed by atoms with Crippen molar-refractivity contribution in [1.29, 1.82) is 0 Å². The number of likely N-dealkylation sites (N-methyl/N-ethyl adjacent to an activating group) is 1. The van der Waals surface area contributed by atoms with Crippen molar-refractivity contribution in [2.24, 2.45) is 11.7 Å². The highest BCUT2D eigenvalue weighted by Crippen LogP contribution is 2.24. The number of nitrogens with one attached hydrogen (secondary N) is 1. The number of amides is 2. The van der Waals surface area contributed by atoms with Gasteiger partial charge in [-0.15, -0.1) is 0 Å². The van der Waals surface area contributed by atoms with Gasteiger partial charge in [0.25, 0.3) is 0 Å². The predicted molar refractivity (Wildman–Crippen MR) is 88.1 cm³/mol. The second kappa shape index (κ2) is 7.69. The summed E-state index contributed by atoms with van der Waals surface area (Å²) in [4.78, 5) is 29.9. The van der Waals surface area contributed by atoms with Gasteiger partial charge in [0.1, 0.15) is 5.82 Å². The molecular formula is C15H21BrN4O2. The summed E-state index contributed by atoms with van der Waals surface area (Å²) in [6.07, 6.45) is 5.11. The quantitative estimate of drug-likeness (QED) is 0.847. The number of pyridine rings is 1. The van der Waals surface area contributed by atoms with Crippen LogP contribution >= 0.6 is 15.9 Å². The second-order valence-corrected chi connectivity index (χ2v) is 6.64. The molecule has 1 saturated carbocycles.